The molecule has 0 saturated carbocycles. The van der Waals surface area contributed by atoms with E-state index in [0.717, 1.165) is 6.42 Å². The van der Waals surface area contributed by atoms with Gasteiger partial charge < -0.3 is 4.74 Å². The maximum absolute atomic E-state index is 11.4. The van der Waals surface area contributed by atoms with E-state index in [0.29, 0.717) is 5.92 Å². The Morgan fingerprint density at radius 2 is 1.80 bits per heavy atom. The molecule has 0 aliphatic heterocycles. The average Bonchev–Trinajstić information content (AvgIpc) is 1.98. The van der Waals surface area contributed by atoms with Gasteiger partial charge in [-0.2, -0.15) is 0 Å². The summed E-state index contributed by atoms with van der Waals surface area (Å²) >= 11 is 0. The molecule has 0 aliphatic carbocycles. The first-order valence-electron chi connectivity index (χ1n) is 5.12. The summed E-state index contributed by atoms with van der Waals surface area (Å²) in [4.78, 5) is 11.4. The fourth-order valence-corrected chi connectivity index (χ4v) is 1.35. The smallest absolute Gasteiger partial charge is 0.322 e. The highest BCUT2D eigenvalue weighted by atomic mass is 35.5. The van der Waals surface area contributed by atoms with Crippen LogP contribution in [0.4, 0.5) is 0 Å². The molecule has 0 aromatic rings. The van der Waals surface area contributed by atoms with Gasteiger partial charge in [0.2, 0.25) is 0 Å². The molecule has 0 rings (SSSR count). The Balaban J connectivity index is 0. The molecule has 0 unspecified atom stereocenters. The second-order valence-corrected chi connectivity index (χ2v) is 5.10. The molecule has 0 aromatic carbocycles. The minimum absolute atomic E-state index is 0. The second-order valence-electron chi connectivity index (χ2n) is 5.10. The molecule has 15 heavy (non-hydrogen) atoms. The topological polar surface area (TPSA) is 38.3 Å². The average molecular weight is 238 g/mol. The van der Waals surface area contributed by atoms with Crippen LogP contribution in [0.15, 0.2) is 0 Å². The summed E-state index contributed by atoms with van der Waals surface area (Å²) in [6.45, 7) is 10.3. The number of carbonyl (C=O) groups is 1. The first-order chi connectivity index (χ1) is 6.26. The van der Waals surface area contributed by atoms with E-state index in [4.69, 9.17) is 4.74 Å². The maximum Gasteiger partial charge on any atom is 0.322 e. The van der Waals surface area contributed by atoms with Crippen molar-refractivity contribution in [3.63, 3.8) is 0 Å². The van der Waals surface area contributed by atoms with Crippen molar-refractivity contribution in [1.29, 1.82) is 0 Å². The molecular formula is C11H24ClNO2. The van der Waals surface area contributed by atoms with Crippen molar-refractivity contribution in [2.75, 3.05) is 7.11 Å². The third-order valence-electron chi connectivity index (χ3n) is 1.80. The van der Waals surface area contributed by atoms with Crippen LogP contribution in [-0.2, 0) is 9.53 Å². The molecule has 1 N–H and O–H groups in total. The fourth-order valence-electron chi connectivity index (χ4n) is 1.35. The highest BCUT2D eigenvalue weighted by Crippen LogP contribution is 2.10. The number of esters is 1. The van der Waals surface area contributed by atoms with Crippen molar-refractivity contribution in [3.8, 4) is 0 Å². The molecule has 92 valence electrons. The number of hydrogen-bond acceptors (Lipinski definition) is 3. The SMILES string of the molecule is COC(=O)[C@H](CC(C)C)NC(C)(C)C.Cl. The van der Waals surface area contributed by atoms with E-state index < -0.39 is 0 Å². The number of hydrogen-bond donors (Lipinski definition) is 1. The van der Waals surface area contributed by atoms with Crippen LogP contribution in [0.1, 0.15) is 41.0 Å². The zero-order chi connectivity index (χ0) is 11.4. The van der Waals surface area contributed by atoms with Gasteiger partial charge in [0.25, 0.3) is 0 Å². The summed E-state index contributed by atoms with van der Waals surface area (Å²) in [7, 11) is 1.43. The number of rotatable bonds is 4. The minimum atomic E-state index is -0.194. The van der Waals surface area contributed by atoms with Gasteiger partial charge in [-0.1, -0.05) is 13.8 Å². The first-order valence-corrected chi connectivity index (χ1v) is 5.12. The van der Waals surface area contributed by atoms with Gasteiger partial charge in [0.1, 0.15) is 6.04 Å². The lowest BCUT2D eigenvalue weighted by Crippen LogP contribution is -2.48. The van der Waals surface area contributed by atoms with Gasteiger partial charge in [-0.05, 0) is 33.1 Å². The molecule has 0 heterocycles. The highest BCUT2D eigenvalue weighted by molar-refractivity contribution is 5.85. The van der Waals surface area contributed by atoms with Crippen molar-refractivity contribution in [2.45, 2.75) is 52.6 Å². The summed E-state index contributed by atoms with van der Waals surface area (Å²) in [5.41, 5.74) is -0.0618. The van der Waals surface area contributed by atoms with Crippen LogP contribution in [0.2, 0.25) is 0 Å². The van der Waals surface area contributed by atoms with Crippen molar-refractivity contribution < 1.29 is 9.53 Å². The number of ether oxygens (including phenoxy) is 1. The number of halogens is 1. The van der Waals surface area contributed by atoms with Crippen LogP contribution in [0, 0.1) is 5.92 Å². The molecular weight excluding hydrogens is 214 g/mol. The van der Waals surface area contributed by atoms with Crippen LogP contribution in [0.3, 0.4) is 0 Å². The summed E-state index contributed by atoms with van der Waals surface area (Å²) in [6, 6.07) is -0.194. The van der Waals surface area contributed by atoms with E-state index in [1.807, 2.05) is 20.8 Å². The predicted molar refractivity (Wildman–Crippen MR) is 65.4 cm³/mol. The van der Waals surface area contributed by atoms with E-state index in [9.17, 15) is 4.79 Å². The summed E-state index contributed by atoms with van der Waals surface area (Å²) < 4.78 is 4.76. The van der Waals surface area contributed by atoms with Gasteiger partial charge in [-0.25, -0.2) is 0 Å². The number of methoxy groups -OCH3 is 1. The van der Waals surface area contributed by atoms with Crippen LogP contribution in [-0.4, -0.2) is 24.7 Å². The van der Waals surface area contributed by atoms with E-state index >= 15 is 0 Å². The van der Waals surface area contributed by atoms with Crippen molar-refractivity contribution in [3.05, 3.63) is 0 Å². The molecule has 0 radical (unpaired) electrons. The van der Waals surface area contributed by atoms with Gasteiger partial charge in [0.15, 0.2) is 0 Å². The van der Waals surface area contributed by atoms with Crippen LogP contribution < -0.4 is 5.32 Å². The quantitative estimate of drug-likeness (QED) is 0.763. The summed E-state index contributed by atoms with van der Waals surface area (Å²) in [5.74, 6) is 0.308. The summed E-state index contributed by atoms with van der Waals surface area (Å²) in [5, 5.41) is 3.26. The molecule has 0 fully saturated rings. The molecule has 0 spiro atoms. The van der Waals surface area contributed by atoms with Crippen LogP contribution in [0.25, 0.3) is 0 Å². The maximum atomic E-state index is 11.4. The van der Waals surface area contributed by atoms with Crippen molar-refractivity contribution in [2.24, 2.45) is 5.92 Å². The molecule has 0 amide bonds. The van der Waals surface area contributed by atoms with Crippen LogP contribution >= 0.6 is 12.4 Å². The Morgan fingerprint density at radius 3 is 2.07 bits per heavy atom. The van der Waals surface area contributed by atoms with E-state index in [1.54, 1.807) is 0 Å². The molecule has 3 nitrogen and oxygen atoms in total. The summed E-state index contributed by atoms with van der Waals surface area (Å²) in [6.07, 6.45) is 0.809. The highest BCUT2D eigenvalue weighted by Gasteiger charge is 2.24. The Kier molecular flexibility index (Phi) is 8.07. The minimum Gasteiger partial charge on any atom is -0.468 e. The van der Waals surface area contributed by atoms with Gasteiger partial charge in [-0.15, -0.1) is 12.4 Å². The van der Waals surface area contributed by atoms with Gasteiger partial charge in [0, 0.05) is 5.54 Å². The monoisotopic (exact) mass is 237 g/mol. The van der Waals surface area contributed by atoms with Crippen molar-refractivity contribution in [1.82, 2.24) is 5.32 Å². The van der Waals surface area contributed by atoms with Crippen molar-refractivity contribution >= 4 is 18.4 Å². The zero-order valence-electron chi connectivity index (χ0n) is 10.6. The lowest BCUT2D eigenvalue weighted by molar-refractivity contribution is -0.144. The normalized spacial score (nSPS) is 13.3. The third-order valence-corrected chi connectivity index (χ3v) is 1.80. The van der Waals surface area contributed by atoms with E-state index in [2.05, 4.69) is 19.2 Å². The molecule has 0 saturated heterocycles. The Labute approximate surface area is 99.4 Å². The van der Waals surface area contributed by atoms with Gasteiger partial charge in [0.05, 0.1) is 7.11 Å². The first kappa shape index (κ1) is 17.1. The van der Waals surface area contributed by atoms with Gasteiger partial charge >= 0.3 is 5.97 Å². The number of nitrogens with one attached hydrogen (secondary N) is 1. The molecule has 4 heteroatoms. The zero-order valence-corrected chi connectivity index (χ0v) is 11.4. The van der Waals surface area contributed by atoms with Crippen LogP contribution in [0.5, 0.6) is 0 Å². The Hall–Kier alpha value is -0.280. The molecule has 0 aromatic heterocycles. The van der Waals surface area contributed by atoms with E-state index in [1.165, 1.54) is 7.11 Å². The van der Waals surface area contributed by atoms with Gasteiger partial charge in [-0.3, -0.25) is 10.1 Å². The second kappa shape index (κ2) is 7.07. The number of carbonyl (C=O) groups excluding carboxylic acids is 1. The predicted octanol–water partition coefficient (Wildman–Crippen LogP) is 2.38. The molecule has 1 atom stereocenters. The lowest BCUT2D eigenvalue weighted by atomic mass is 10.00. The lowest BCUT2D eigenvalue weighted by Gasteiger charge is -2.27. The molecule has 0 aliphatic rings. The standard InChI is InChI=1S/C11H23NO2.ClH/c1-8(2)7-9(10(13)14-6)12-11(3,4)5;/h8-9,12H,7H2,1-6H3;1H/t9-;/m0./s1. The fraction of sp³-hybridized carbons (Fsp3) is 0.909. The largest absolute Gasteiger partial charge is 0.468 e. The molecule has 0 bridgehead atoms. The third kappa shape index (κ3) is 8.70. The Bertz CT molecular complexity index is 188. The van der Waals surface area contributed by atoms with E-state index in [-0.39, 0.29) is 30.0 Å². The Morgan fingerprint density at radius 1 is 1.33 bits per heavy atom.